The minimum Gasteiger partial charge on any atom is -0.380 e. The van der Waals surface area contributed by atoms with Crippen LogP contribution in [0.5, 0.6) is 0 Å². The van der Waals surface area contributed by atoms with Gasteiger partial charge in [0.05, 0.1) is 13.2 Å². The molecule has 0 radical (unpaired) electrons. The van der Waals surface area contributed by atoms with E-state index < -0.39 is 26.2 Å². The Labute approximate surface area is 81.6 Å². The van der Waals surface area contributed by atoms with Gasteiger partial charge in [0.1, 0.15) is 0 Å². The predicted molar refractivity (Wildman–Crippen MR) is 45.3 cm³/mol. The van der Waals surface area contributed by atoms with Gasteiger partial charge in [0.2, 0.25) is 0 Å². The van der Waals surface area contributed by atoms with Gasteiger partial charge in [-0.15, -0.1) is 3.77 Å². The third kappa shape index (κ3) is 2.92. The second kappa shape index (κ2) is 4.15. The third-order valence-corrected chi connectivity index (χ3v) is 4.91. The number of alkyl halides is 3. The van der Waals surface area contributed by atoms with E-state index in [1.807, 2.05) is 0 Å². The molecule has 0 bridgehead atoms. The Kier molecular flexibility index (Phi) is 3.53. The van der Waals surface area contributed by atoms with Crippen molar-refractivity contribution >= 4 is 20.7 Å². The van der Waals surface area contributed by atoms with E-state index in [2.05, 4.69) is 3.77 Å². The van der Waals surface area contributed by atoms with Gasteiger partial charge < -0.3 is 4.74 Å². The van der Waals surface area contributed by atoms with Crippen molar-refractivity contribution in [1.29, 1.82) is 0 Å². The van der Waals surface area contributed by atoms with Gasteiger partial charge >= 0.3 is 15.5 Å². The zero-order chi connectivity index (χ0) is 10.8. The lowest BCUT2D eigenvalue weighted by atomic mass is 10.8. The minimum atomic E-state index is -5.32. The quantitative estimate of drug-likeness (QED) is 0.688. The summed E-state index contributed by atoms with van der Waals surface area (Å²) >= 11 is 0. The summed E-state index contributed by atoms with van der Waals surface area (Å²) in [4.78, 5) is 0. The number of nitrogens with zero attached hydrogens (tertiary/aromatic N) is 1. The van der Waals surface area contributed by atoms with E-state index in [0.29, 0.717) is 0 Å². The topological polar surface area (TPSA) is 55.7 Å². The fraction of sp³-hybridized carbons (Fsp3) is 1.00. The van der Waals surface area contributed by atoms with Crippen LogP contribution in [0.3, 0.4) is 0 Å². The summed E-state index contributed by atoms with van der Waals surface area (Å²) < 4.78 is 64.5. The lowest BCUT2D eigenvalue weighted by molar-refractivity contribution is -0.0434. The Hall–Kier alpha value is -0.150. The van der Waals surface area contributed by atoms with Gasteiger partial charge in [-0.3, -0.25) is 0 Å². The summed E-state index contributed by atoms with van der Waals surface area (Å²) in [6.07, 6.45) is 0. The zero-order valence-corrected chi connectivity index (χ0v) is 8.58. The lowest BCUT2D eigenvalue weighted by Gasteiger charge is -2.14. The summed E-state index contributed by atoms with van der Waals surface area (Å²) in [6, 6.07) is 0. The molecule has 84 valence electrons. The molecule has 1 heterocycles. The van der Waals surface area contributed by atoms with Gasteiger partial charge in [0.15, 0.2) is 0 Å². The standard InChI is InChI=1S/C5H8F3NO3S2/c6-5(7,8)14(10,11)9-13-3-1-12-2-4-13/h1-4H2. The van der Waals surface area contributed by atoms with Crippen molar-refractivity contribution in [3.63, 3.8) is 0 Å². The van der Waals surface area contributed by atoms with E-state index in [-0.39, 0.29) is 24.7 Å². The molecule has 14 heavy (non-hydrogen) atoms. The average Bonchev–Trinajstić information content (AvgIpc) is 2.03. The van der Waals surface area contributed by atoms with Crippen LogP contribution in [-0.2, 0) is 25.5 Å². The molecule has 0 amide bonds. The van der Waals surface area contributed by atoms with E-state index in [1.165, 1.54) is 0 Å². The number of hydrogen-bond acceptors (Lipinski definition) is 3. The van der Waals surface area contributed by atoms with E-state index in [1.54, 1.807) is 0 Å². The highest BCUT2D eigenvalue weighted by atomic mass is 32.3. The Morgan fingerprint density at radius 2 is 1.71 bits per heavy atom. The highest BCUT2D eigenvalue weighted by molar-refractivity contribution is 8.00. The minimum absolute atomic E-state index is 0.245. The molecule has 0 atom stereocenters. The molecular formula is C5H8F3NO3S2. The first-order valence-corrected chi connectivity index (χ1v) is 6.58. The molecule has 0 N–H and O–H groups in total. The highest BCUT2D eigenvalue weighted by Crippen LogP contribution is 2.25. The Balaban J connectivity index is 2.85. The van der Waals surface area contributed by atoms with Crippen LogP contribution in [-0.4, -0.2) is 38.6 Å². The Morgan fingerprint density at radius 1 is 1.21 bits per heavy atom. The molecule has 0 aromatic rings. The summed E-state index contributed by atoms with van der Waals surface area (Å²) in [5, 5.41) is 0. The first-order valence-electron chi connectivity index (χ1n) is 3.62. The van der Waals surface area contributed by atoms with Gasteiger partial charge in [0, 0.05) is 11.5 Å². The number of rotatable bonds is 1. The first-order chi connectivity index (χ1) is 6.33. The van der Waals surface area contributed by atoms with Crippen LogP contribution in [0.4, 0.5) is 13.2 Å². The molecule has 1 aliphatic heterocycles. The van der Waals surface area contributed by atoms with Crippen LogP contribution in [0.15, 0.2) is 3.77 Å². The molecule has 0 aliphatic carbocycles. The number of sulfonamides is 1. The fourth-order valence-electron chi connectivity index (χ4n) is 0.770. The summed E-state index contributed by atoms with van der Waals surface area (Å²) in [7, 11) is -6.38. The monoisotopic (exact) mass is 251 g/mol. The van der Waals surface area contributed by atoms with Crippen molar-refractivity contribution in [3.8, 4) is 0 Å². The van der Waals surface area contributed by atoms with Crippen LogP contribution in [0.2, 0.25) is 0 Å². The first kappa shape index (κ1) is 11.9. The Morgan fingerprint density at radius 3 is 2.14 bits per heavy atom. The van der Waals surface area contributed by atoms with Gasteiger partial charge in [-0.1, -0.05) is 10.7 Å². The SMILES string of the molecule is O=S(=O)(N=S1CCOCC1)C(F)(F)F. The van der Waals surface area contributed by atoms with Crippen LogP contribution in [0.1, 0.15) is 0 Å². The van der Waals surface area contributed by atoms with Crippen molar-refractivity contribution in [2.45, 2.75) is 5.51 Å². The molecule has 0 saturated carbocycles. The maximum atomic E-state index is 11.9. The molecule has 0 aromatic carbocycles. The number of halogens is 3. The second-order valence-electron chi connectivity index (χ2n) is 2.48. The van der Waals surface area contributed by atoms with E-state index in [9.17, 15) is 21.6 Å². The molecule has 0 aromatic heterocycles. The van der Waals surface area contributed by atoms with Gasteiger partial charge in [-0.2, -0.15) is 21.6 Å². The molecule has 0 spiro atoms. The molecular weight excluding hydrogens is 243 g/mol. The normalized spacial score (nSPS) is 20.8. The summed E-state index contributed by atoms with van der Waals surface area (Å²) in [6.45, 7) is 0.528. The van der Waals surface area contributed by atoms with Crippen molar-refractivity contribution in [3.05, 3.63) is 0 Å². The average molecular weight is 251 g/mol. The van der Waals surface area contributed by atoms with Crippen molar-refractivity contribution < 1.29 is 26.3 Å². The van der Waals surface area contributed by atoms with E-state index >= 15 is 0 Å². The van der Waals surface area contributed by atoms with E-state index in [4.69, 9.17) is 4.74 Å². The Bertz CT molecular complexity index is 327. The lowest BCUT2D eigenvalue weighted by Crippen LogP contribution is -2.25. The highest BCUT2D eigenvalue weighted by Gasteiger charge is 2.46. The molecule has 1 rings (SSSR count). The van der Waals surface area contributed by atoms with Gasteiger partial charge in [-0.25, -0.2) is 0 Å². The maximum absolute atomic E-state index is 11.9. The molecule has 4 nitrogen and oxygen atoms in total. The smallest absolute Gasteiger partial charge is 0.380 e. The van der Waals surface area contributed by atoms with Crippen LogP contribution >= 0.6 is 0 Å². The van der Waals surface area contributed by atoms with Crippen LogP contribution < -0.4 is 0 Å². The fourth-order valence-corrected chi connectivity index (χ4v) is 3.64. The second-order valence-corrected chi connectivity index (χ2v) is 6.23. The summed E-state index contributed by atoms with van der Waals surface area (Å²) in [5.74, 6) is 0.491. The summed E-state index contributed by atoms with van der Waals surface area (Å²) in [5.41, 5.74) is -5.28. The van der Waals surface area contributed by atoms with Crippen molar-refractivity contribution in [2.24, 2.45) is 3.77 Å². The zero-order valence-electron chi connectivity index (χ0n) is 6.95. The molecule has 0 unspecified atom stereocenters. The van der Waals surface area contributed by atoms with Crippen LogP contribution in [0.25, 0.3) is 0 Å². The van der Waals surface area contributed by atoms with Crippen LogP contribution in [0, 0.1) is 0 Å². The van der Waals surface area contributed by atoms with Crippen molar-refractivity contribution in [2.75, 3.05) is 24.7 Å². The maximum Gasteiger partial charge on any atom is 0.519 e. The van der Waals surface area contributed by atoms with Gasteiger partial charge in [-0.05, 0) is 0 Å². The van der Waals surface area contributed by atoms with E-state index in [0.717, 1.165) is 0 Å². The molecule has 1 saturated heterocycles. The largest absolute Gasteiger partial charge is 0.519 e. The van der Waals surface area contributed by atoms with Gasteiger partial charge in [0.25, 0.3) is 0 Å². The number of ether oxygens (including phenoxy) is 1. The van der Waals surface area contributed by atoms with Crippen molar-refractivity contribution in [1.82, 2.24) is 0 Å². The third-order valence-electron chi connectivity index (χ3n) is 1.42. The molecule has 1 aliphatic rings. The molecule has 9 heteroatoms. The number of hydrogen-bond donors (Lipinski definition) is 0. The predicted octanol–water partition coefficient (Wildman–Crippen LogP) is 0.668. The molecule has 1 fully saturated rings.